The molecule has 9 atom stereocenters. The first-order valence-electron chi connectivity index (χ1n) is 12.9. The number of hydrogen-bond acceptors (Lipinski definition) is 4. The maximum absolute atomic E-state index is 11.5. The Hall–Kier alpha value is -0.160. The number of aliphatic hydroxyl groups is 2. The van der Waals surface area contributed by atoms with Crippen LogP contribution in [0.15, 0.2) is 0 Å². The summed E-state index contributed by atoms with van der Waals surface area (Å²) in [6, 6.07) is 0. The molecule has 1 heterocycles. The molecule has 1 spiro atoms. The van der Waals surface area contributed by atoms with E-state index in [1.807, 2.05) is 0 Å². The van der Waals surface area contributed by atoms with E-state index in [-0.39, 0.29) is 11.9 Å². The predicted molar refractivity (Wildman–Crippen MR) is 117 cm³/mol. The highest BCUT2D eigenvalue weighted by atomic mass is 16.7. The van der Waals surface area contributed by atoms with Crippen LogP contribution in [-0.4, -0.2) is 41.9 Å². The van der Waals surface area contributed by atoms with Gasteiger partial charge in [-0.1, -0.05) is 20.8 Å². The summed E-state index contributed by atoms with van der Waals surface area (Å²) in [5, 5.41) is 20.8. The highest BCUT2D eigenvalue weighted by Crippen LogP contribution is 2.69. The van der Waals surface area contributed by atoms with Crippen molar-refractivity contribution in [2.45, 2.75) is 96.9 Å². The highest BCUT2D eigenvalue weighted by Gasteiger charge is 2.64. The molecule has 2 N–H and O–H groups in total. The van der Waals surface area contributed by atoms with E-state index < -0.39 is 0 Å². The molecule has 0 aromatic carbocycles. The van der Waals surface area contributed by atoms with Crippen LogP contribution in [0.2, 0.25) is 0 Å². The van der Waals surface area contributed by atoms with E-state index in [2.05, 4.69) is 20.8 Å². The number of ether oxygens (including phenoxy) is 2. The van der Waals surface area contributed by atoms with E-state index in [9.17, 15) is 10.2 Å². The van der Waals surface area contributed by atoms with Gasteiger partial charge in [0.15, 0.2) is 5.79 Å². The summed E-state index contributed by atoms with van der Waals surface area (Å²) in [4.78, 5) is 0. The zero-order valence-corrected chi connectivity index (χ0v) is 19.4. The number of fused-ring (bicyclic) bond motifs is 5. The predicted octanol–water partition coefficient (Wildman–Crippen LogP) is 4.77. The van der Waals surface area contributed by atoms with Crippen LogP contribution >= 0.6 is 0 Å². The molecule has 0 amide bonds. The maximum Gasteiger partial charge on any atom is 0.168 e. The lowest BCUT2D eigenvalue weighted by Crippen LogP contribution is -2.60. The van der Waals surface area contributed by atoms with Crippen molar-refractivity contribution in [3.63, 3.8) is 0 Å². The Kier molecular flexibility index (Phi) is 5.57. The summed E-state index contributed by atoms with van der Waals surface area (Å²) < 4.78 is 12.2. The molecule has 4 heteroatoms. The first kappa shape index (κ1) is 21.7. The fraction of sp³-hybridized carbons (Fsp3) is 1.00. The Balaban J connectivity index is 1.37. The summed E-state index contributed by atoms with van der Waals surface area (Å²) in [6.45, 7) is 9.29. The van der Waals surface area contributed by atoms with Crippen LogP contribution in [0, 0.1) is 46.3 Å². The summed E-state index contributed by atoms with van der Waals surface area (Å²) in [6.07, 6.45) is 11.2. The minimum Gasteiger partial charge on any atom is -0.396 e. The molecule has 0 aromatic heterocycles. The zero-order valence-electron chi connectivity index (χ0n) is 19.4. The standard InChI is InChI=1S/C26H44O4/c1-17(5-4-12-27)19-6-7-20-23-21(8-9-25(19,20)3)24(2)10-11-26(29-13-14-30-26)16-18(24)15-22(23)28/h17-23,27-28H,4-16H2,1-3H3/t17-,18+,19-,20?,21?,22-,23?,24+,25-/m1/s1. The second-order valence-corrected chi connectivity index (χ2v) is 12.2. The van der Waals surface area contributed by atoms with Gasteiger partial charge in [-0.25, -0.2) is 0 Å². The molecular weight excluding hydrogens is 376 g/mol. The molecule has 3 unspecified atom stereocenters. The smallest absolute Gasteiger partial charge is 0.168 e. The molecule has 5 aliphatic rings. The summed E-state index contributed by atoms with van der Waals surface area (Å²) in [7, 11) is 0. The SMILES string of the molecule is C[C@H](CCCO)[C@H]1CCC2C3C(CC[C@@]21C)[C@@]1(C)CCC2(C[C@@H]1C[C@H]3O)OCCO2. The number of rotatable bonds is 4. The highest BCUT2D eigenvalue weighted by molar-refractivity contribution is 5.12. The normalized spacial score (nSPS) is 50.7. The first-order chi connectivity index (χ1) is 14.3. The minimum absolute atomic E-state index is 0.166. The van der Waals surface area contributed by atoms with E-state index in [1.54, 1.807) is 0 Å². The second-order valence-electron chi connectivity index (χ2n) is 12.2. The van der Waals surface area contributed by atoms with Crippen LogP contribution in [0.5, 0.6) is 0 Å². The summed E-state index contributed by atoms with van der Waals surface area (Å²) in [5.74, 6) is 3.39. The van der Waals surface area contributed by atoms with Crippen LogP contribution in [0.3, 0.4) is 0 Å². The third-order valence-corrected chi connectivity index (χ3v) is 11.1. The van der Waals surface area contributed by atoms with Gasteiger partial charge in [0.05, 0.1) is 19.3 Å². The quantitative estimate of drug-likeness (QED) is 0.688. The van der Waals surface area contributed by atoms with Crippen molar-refractivity contribution in [1.29, 1.82) is 0 Å². The Morgan fingerprint density at radius 3 is 2.43 bits per heavy atom. The van der Waals surface area contributed by atoms with E-state index in [1.165, 1.54) is 32.1 Å². The maximum atomic E-state index is 11.5. The van der Waals surface area contributed by atoms with Gasteiger partial charge >= 0.3 is 0 Å². The van der Waals surface area contributed by atoms with Crippen LogP contribution in [0.25, 0.3) is 0 Å². The molecule has 1 aliphatic heterocycles. The van der Waals surface area contributed by atoms with Crippen LogP contribution in [0.1, 0.15) is 85.0 Å². The molecule has 1 saturated heterocycles. The fourth-order valence-electron chi connectivity index (χ4n) is 9.51. The Bertz CT molecular complexity index is 631. The third kappa shape index (κ3) is 3.15. The van der Waals surface area contributed by atoms with Gasteiger partial charge in [0.2, 0.25) is 0 Å². The van der Waals surface area contributed by atoms with Crippen LogP contribution in [0.4, 0.5) is 0 Å². The van der Waals surface area contributed by atoms with Gasteiger partial charge in [-0.2, -0.15) is 0 Å². The molecule has 172 valence electrons. The zero-order chi connectivity index (χ0) is 21.1. The Morgan fingerprint density at radius 1 is 0.967 bits per heavy atom. The van der Waals surface area contributed by atoms with E-state index in [0.29, 0.717) is 47.0 Å². The van der Waals surface area contributed by atoms with Gasteiger partial charge in [0, 0.05) is 19.4 Å². The van der Waals surface area contributed by atoms with Crippen molar-refractivity contribution in [3.05, 3.63) is 0 Å². The molecule has 30 heavy (non-hydrogen) atoms. The Labute approximate surface area is 183 Å². The number of aliphatic hydroxyl groups excluding tert-OH is 2. The largest absolute Gasteiger partial charge is 0.396 e. The van der Waals surface area contributed by atoms with E-state index in [4.69, 9.17) is 9.47 Å². The van der Waals surface area contributed by atoms with Crippen molar-refractivity contribution in [2.24, 2.45) is 46.3 Å². The molecule has 4 aliphatic carbocycles. The van der Waals surface area contributed by atoms with Gasteiger partial charge in [0.1, 0.15) is 0 Å². The van der Waals surface area contributed by atoms with Gasteiger partial charge in [-0.05, 0) is 97.7 Å². The average molecular weight is 421 g/mol. The third-order valence-electron chi connectivity index (χ3n) is 11.1. The van der Waals surface area contributed by atoms with Crippen LogP contribution < -0.4 is 0 Å². The van der Waals surface area contributed by atoms with Crippen molar-refractivity contribution >= 4 is 0 Å². The van der Waals surface area contributed by atoms with E-state index >= 15 is 0 Å². The van der Waals surface area contributed by atoms with Gasteiger partial charge < -0.3 is 19.7 Å². The first-order valence-corrected chi connectivity index (χ1v) is 12.9. The monoisotopic (exact) mass is 420 g/mol. The van der Waals surface area contributed by atoms with Crippen molar-refractivity contribution in [2.75, 3.05) is 19.8 Å². The second kappa shape index (κ2) is 7.71. The summed E-state index contributed by atoms with van der Waals surface area (Å²) >= 11 is 0. The lowest BCUT2D eigenvalue weighted by molar-refractivity contribution is -0.243. The minimum atomic E-state index is -0.347. The molecular formula is C26H44O4. The van der Waals surface area contributed by atoms with E-state index in [0.717, 1.165) is 51.2 Å². The van der Waals surface area contributed by atoms with Gasteiger partial charge in [-0.15, -0.1) is 0 Å². The molecule has 5 rings (SSSR count). The van der Waals surface area contributed by atoms with Gasteiger partial charge in [0.25, 0.3) is 0 Å². The molecule has 0 aromatic rings. The molecule has 4 nitrogen and oxygen atoms in total. The fourth-order valence-corrected chi connectivity index (χ4v) is 9.51. The topological polar surface area (TPSA) is 58.9 Å². The molecule has 5 fully saturated rings. The molecule has 0 bridgehead atoms. The van der Waals surface area contributed by atoms with Gasteiger partial charge in [-0.3, -0.25) is 0 Å². The molecule has 4 saturated carbocycles. The lowest BCUT2D eigenvalue weighted by Gasteiger charge is -2.63. The van der Waals surface area contributed by atoms with Crippen LogP contribution in [-0.2, 0) is 9.47 Å². The average Bonchev–Trinajstić information content (AvgIpc) is 3.32. The summed E-state index contributed by atoms with van der Waals surface area (Å²) in [5.41, 5.74) is 0.695. The van der Waals surface area contributed by atoms with Crippen molar-refractivity contribution in [3.8, 4) is 0 Å². The molecule has 0 radical (unpaired) electrons. The van der Waals surface area contributed by atoms with Crippen molar-refractivity contribution < 1.29 is 19.7 Å². The lowest BCUT2D eigenvalue weighted by atomic mass is 9.43. The van der Waals surface area contributed by atoms with Crippen molar-refractivity contribution in [1.82, 2.24) is 0 Å². The Morgan fingerprint density at radius 2 is 1.70 bits per heavy atom. The number of hydrogen-bond donors (Lipinski definition) is 2.